The Morgan fingerprint density at radius 1 is 0.922 bits per heavy atom. The molecule has 0 saturated carbocycles. The van der Waals surface area contributed by atoms with Crippen molar-refractivity contribution in [2.24, 2.45) is 29.6 Å². The lowest BCUT2D eigenvalue weighted by Gasteiger charge is -2.49. The van der Waals surface area contributed by atoms with Crippen LogP contribution in [0.15, 0.2) is 0 Å². The van der Waals surface area contributed by atoms with Crippen LogP contribution in [0.2, 0.25) is 0 Å². The lowest BCUT2D eigenvalue weighted by atomic mass is 9.73. The van der Waals surface area contributed by atoms with Gasteiger partial charge in [0.2, 0.25) is 0 Å². The molecule has 6 N–H and O–H groups in total. The van der Waals surface area contributed by atoms with Crippen LogP contribution in [0.3, 0.4) is 0 Å². The zero-order valence-electron chi connectivity index (χ0n) is 33.0. The van der Waals surface area contributed by atoms with E-state index in [1.54, 1.807) is 55.4 Å². The number of carbonyl (C=O) groups is 1. The summed E-state index contributed by atoms with van der Waals surface area (Å²) >= 11 is 0. The van der Waals surface area contributed by atoms with Crippen LogP contribution in [-0.2, 0) is 33.2 Å². The van der Waals surface area contributed by atoms with Gasteiger partial charge in [0.25, 0.3) is 0 Å². The van der Waals surface area contributed by atoms with Crippen molar-refractivity contribution in [3.8, 4) is 0 Å². The fraction of sp³-hybridized carbons (Fsp3) is 0.946. The largest absolute Gasteiger partial charge is 0.459 e. The molecule has 0 radical (unpaired) electrons. The summed E-state index contributed by atoms with van der Waals surface area (Å²) in [6, 6.07) is -0.306. The van der Waals surface area contributed by atoms with Crippen LogP contribution in [0.4, 0.5) is 0 Å². The van der Waals surface area contributed by atoms with Gasteiger partial charge in [0, 0.05) is 36.6 Å². The fourth-order valence-electron chi connectivity index (χ4n) is 8.35. The van der Waals surface area contributed by atoms with E-state index in [4.69, 9.17) is 33.8 Å². The molecule has 51 heavy (non-hydrogen) atoms. The first-order chi connectivity index (χ1) is 23.4. The van der Waals surface area contributed by atoms with E-state index < -0.39 is 102 Å². The summed E-state index contributed by atoms with van der Waals surface area (Å²) in [6.45, 7) is 16.8. The van der Waals surface area contributed by atoms with Gasteiger partial charge in [-0.25, -0.2) is 0 Å². The monoisotopic (exact) mass is 732 g/mol. The predicted octanol–water partition coefficient (Wildman–Crippen LogP) is 2.09. The minimum Gasteiger partial charge on any atom is -0.459 e. The Balaban J connectivity index is 2.18. The van der Waals surface area contributed by atoms with Gasteiger partial charge >= 0.3 is 5.97 Å². The van der Waals surface area contributed by atoms with Crippen LogP contribution in [0, 0.1) is 35.0 Å². The number of hydrogen-bond acceptors (Lipinski definition) is 14. The second-order valence-electron chi connectivity index (χ2n) is 16.6. The molecule has 298 valence electrons. The highest BCUT2D eigenvalue weighted by Gasteiger charge is 2.53. The topological polar surface area (TPSA) is 201 Å². The Labute approximate surface area is 304 Å². The van der Waals surface area contributed by atoms with Crippen molar-refractivity contribution in [2.45, 2.75) is 167 Å². The molecule has 3 aliphatic rings. The molecule has 3 heterocycles. The Hall–Kier alpha value is -1.30. The molecule has 0 aliphatic carbocycles. The van der Waals surface area contributed by atoms with Crippen molar-refractivity contribution in [1.82, 2.24) is 4.90 Å². The van der Waals surface area contributed by atoms with Gasteiger partial charge < -0.3 is 64.3 Å². The first kappa shape index (κ1) is 44.1. The third kappa shape index (κ3) is 9.33. The minimum absolute atomic E-state index is 0.000358. The lowest BCUT2D eigenvalue weighted by Crippen LogP contribution is -2.61. The molecular weight excluding hydrogens is 664 g/mol. The number of rotatable bonds is 7. The summed E-state index contributed by atoms with van der Waals surface area (Å²) in [5.41, 5.74) is -4.55. The van der Waals surface area contributed by atoms with Gasteiger partial charge in [-0.2, -0.15) is 0 Å². The second kappa shape index (κ2) is 17.0. The van der Waals surface area contributed by atoms with Gasteiger partial charge in [-0.3, -0.25) is 4.79 Å². The third-order valence-electron chi connectivity index (χ3n) is 12.0. The maximum atomic E-state index is 14.1. The second-order valence-corrected chi connectivity index (χ2v) is 16.6. The molecule has 3 rings (SSSR count). The van der Waals surface area contributed by atoms with Crippen LogP contribution in [-0.4, -0.2) is 148 Å². The van der Waals surface area contributed by atoms with E-state index in [0.29, 0.717) is 6.42 Å². The Kier molecular flexibility index (Phi) is 14.7. The summed E-state index contributed by atoms with van der Waals surface area (Å²) in [4.78, 5) is 16.0. The number of ether oxygens (including phenoxy) is 6. The molecule has 0 unspecified atom stereocenters. The van der Waals surface area contributed by atoms with E-state index in [0.717, 1.165) is 0 Å². The number of likely N-dealkylation sites (N-methyl/N-ethyl adjacent to an activating group) is 1. The average Bonchev–Trinajstić information content (AvgIpc) is 3.06. The maximum Gasteiger partial charge on any atom is 0.311 e. The van der Waals surface area contributed by atoms with E-state index in [9.17, 15) is 30.3 Å². The van der Waals surface area contributed by atoms with Crippen LogP contribution < -0.4 is 0 Å². The zero-order valence-corrected chi connectivity index (χ0v) is 33.0. The smallest absolute Gasteiger partial charge is 0.311 e. The van der Waals surface area contributed by atoms with Gasteiger partial charge in [-0.05, 0) is 73.9 Å². The Morgan fingerprint density at radius 3 is 2.08 bits per heavy atom. The highest BCUT2D eigenvalue weighted by atomic mass is 16.7. The van der Waals surface area contributed by atoms with Crippen LogP contribution in [0.25, 0.3) is 0 Å². The molecule has 14 heteroatoms. The first-order valence-corrected chi connectivity index (χ1v) is 18.5. The molecular formula is C37H68N2O12. The zero-order chi connectivity index (χ0) is 39.0. The van der Waals surface area contributed by atoms with Gasteiger partial charge in [0.15, 0.2) is 12.6 Å². The van der Waals surface area contributed by atoms with Crippen molar-refractivity contribution in [1.29, 1.82) is 5.41 Å². The van der Waals surface area contributed by atoms with E-state index in [2.05, 4.69) is 0 Å². The molecule has 0 aromatic carbocycles. The molecule has 3 saturated heterocycles. The fourth-order valence-corrected chi connectivity index (χ4v) is 8.35. The van der Waals surface area contributed by atoms with E-state index in [1.807, 2.05) is 25.9 Å². The number of methoxy groups -OCH3 is 1. The number of nitrogens with zero attached hydrogens (tertiary/aromatic N) is 1. The van der Waals surface area contributed by atoms with Crippen LogP contribution >= 0.6 is 0 Å². The van der Waals surface area contributed by atoms with Crippen molar-refractivity contribution >= 4 is 11.7 Å². The van der Waals surface area contributed by atoms with E-state index in [-0.39, 0.29) is 37.3 Å². The summed E-state index contributed by atoms with van der Waals surface area (Å²) in [5.74, 6) is -4.67. The van der Waals surface area contributed by atoms with Crippen LogP contribution in [0.5, 0.6) is 0 Å². The number of cyclic esters (lactones) is 1. The third-order valence-corrected chi connectivity index (χ3v) is 12.0. The normalized spacial score (nSPS) is 49.7. The molecule has 0 amide bonds. The standard InChI is InChI=1S/C37H68N2O12/c1-14-25-37(10,45)30(42)20(4)26(38)18(2)16-35(8,44)31(51-34-27(40)24(39(11)12)15-19(3)48-34)21(5)28(22(6)32(43)49-25)50-33-23(7)29(41)36(9,46-13)17-47-33/h18-25,27-31,33-34,38,40-42,44-45H,14-17H2,1-13H3/t18-,19+,20-,21-,22+,23-,24-,25-,27+,28+,29-,30-,31-,33-,34-,35+,36+,37+/m0/s1. The first-order valence-electron chi connectivity index (χ1n) is 18.5. The van der Waals surface area contributed by atoms with E-state index >= 15 is 0 Å². The van der Waals surface area contributed by atoms with Gasteiger partial charge in [0.05, 0.1) is 48.6 Å². The van der Waals surface area contributed by atoms with Crippen LogP contribution in [0.1, 0.15) is 88.5 Å². The van der Waals surface area contributed by atoms with Gasteiger partial charge in [-0.15, -0.1) is 0 Å². The molecule has 0 aromatic rings. The summed E-state index contributed by atoms with van der Waals surface area (Å²) in [6.07, 6.45) is -8.66. The molecule has 18 atom stereocenters. The molecule has 14 nitrogen and oxygen atoms in total. The Bertz CT molecular complexity index is 1170. The highest BCUT2D eigenvalue weighted by molar-refractivity contribution is 5.86. The maximum absolute atomic E-state index is 14.1. The van der Waals surface area contributed by atoms with Crippen molar-refractivity contribution in [3.05, 3.63) is 0 Å². The number of aliphatic hydroxyl groups excluding tert-OH is 3. The molecule has 3 aliphatic heterocycles. The van der Waals surface area contributed by atoms with E-state index in [1.165, 1.54) is 14.0 Å². The van der Waals surface area contributed by atoms with Crippen molar-refractivity contribution < 1.29 is 58.7 Å². The van der Waals surface area contributed by atoms with Crippen molar-refractivity contribution in [2.75, 3.05) is 27.8 Å². The Morgan fingerprint density at radius 2 is 1.53 bits per heavy atom. The lowest BCUT2D eigenvalue weighted by molar-refractivity contribution is -0.319. The number of esters is 1. The summed E-state index contributed by atoms with van der Waals surface area (Å²) < 4.78 is 37.1. The quantitative estimate of drug-likeness (QED) is 0.208. The molecule has 3 fully saturated rings. The summed E-state index contributed by atoms with van der Waals surface area (Å²) in [7, 11) is 5.21. The highest BCUT2D eigenvalue weighted by Crippen LogP contribution is 2.40. The SMILES string of the molecule is CC[C@@H]1OC(=O)[C@H](C)[C@H](O[C@@H]2OC[C@@](C)(OC)[C@@H](O)[C@@H]2C)[C@H](C)[C@H](O[C@@H]2O[C@H](C)C[C@H](N(C)C)[C@H]2O)[C@](C)(O)C[C@H](C)C(=N)[C@H](C)[C@H](O)[C@]1(C)O. The van der Waals surface area contributed by atoms with Gasteiger partial charge in [-0.1, -0.05) is 34.6 Å². The predicted molar refractivity (Wildman–Crippen MR) is 189 cm³/mol. The minimum atomic E-state index is -1.92. The number of nitrogens with one attached hydrogen (secondary N) is 1. The number of carbonyl (C=O) groups excluding carboxylic acids is 1. The van der Waals surface area contributed by atoms with Crippen molar-refractivity contribution in [3.63, 3.8) is 0 Å². The average molecular weight is 733 g/mol. The molecule has 0 spiro atoms. The summed E-state index contributed by atoms with van der Waals surface area (Å²) in [5, 5.41) is 67.2. The van der Waals surface area contributed by atoms with Gasteiger partial charge in [0.1, 0.15) is 23.4 Å². The molecule has 0 aromatic heterocycles. The number of hydrogen-bond donors (Lipinski definition) is 6. The number of aliphatic hydroxyl groups is 5. The molecule has 0 bridgehead atoms.